The number of furan rings is 1. The number of nitrogens with one attached hydrogen (secondary N) is 1. The van der Waals surface area contributed by atoms with Crippen molar-refractivity contribution in [3.63, 3.8) is 0 Å². The molecule has 108 valence electrons. The molecule has 0 aliphatic carbocycles. The van der Waals surface area contributed by atoms with Crippen molar-refractivity contribution in [2.45, 2.75) is 32.4 Å². The first-order valence-electron chi connectivity index (χ1n) is 7.06. The lowest BCUT2D eigenvalue weighted by atomic mass is 10.1. The van der Waals surface area contributed by atoms with E-state index in [4.69, 9.17) is 9.15 Å². The third kappa shape index (κ3) is 3.81. The van der Waals surface area contributed by atoms with Crippen molar-refractivity contribution < 1.29 is 9.15 Å². The summed E-state index contributed by atoms with van der Waals surface area (Å²) < 4.78 is 12.6. The smallest absolute Gasteiger partial charge is 0.137 e. The van der Waals surface area contributed by atoms with Gasteiger partial charge in [0.25, 0.3) is 0 Å². The molecule has 0 bridgehead atoms. The Morgan fingerprint density at radius 3 is 3.00 bits per heavy atom. The highest BCUT2D eigenvalue weighted by Gasteiger charge is 2.31. The lowest BCUT2D eigenvalue weighted by Gasteiger charge is -2.36. The molecule has 19 heavy (non-hydrogen) atoms. The topological polar surface area (TPSA) is 37.6 Å². The number of ether oxygens (including phenoxy) is 1. The zero-order valence-electron chi connectivity index (χ0n) is 11.7. The lowest BCUT2D eigenvalue weighted by Crippen LogP contribution is -2.48. The first-order chi connectivity index (χ1) is 9.26. The summed E-state index contributed by atoms with van der Waals surface area (Å²) in [4.78, 5) is 2.42. The van der Waals surface area contributed by atoms with Crippen LogP contribution < -0.4 is 5.32 Å². The molecule has 1 aromatic rings. The van der Waals surface area contributed by atoms with Crippen molar-refractivity contribution in [2.75, 3.05) is 32.8 Å². The number of nitrogens with zero attached hydrogens (tertiary/aromatic N) is 1. The van der Waals surface area contributed by atoms with Crippen LogP contribution in [0.15, 0.2) is 21.2 Å². The van der Waals surface area contributed by atoms with Crippen LogP contribution >= 0.6 is 15.9 Å². The molecule has 0 amide bonds. The van der Waals surface area contributed by atoms with Crippen LogP contribution in [-0.2, 0) is 4.74 Å². The molecule has 2 heterocycles. The molecule has 1 aliphatic heterocycles. The third-order valence-electron chi connectivity index (χ3n) is 3.54. The average molecular weight is 331 g/mol. The van der Waals surface area contributed by atoms with Crippen molar-refractivity contribution in [2.24, 2.45) is 0 Å². The van der Waals surface area contributed by atoms with Crippen LogP contribution in [0.1, 0.15) is 32.1 Å². The fourth-order valence-corrected chi connectivity index (χ4v) is 2.89. The Balaban J connectivity index is 2.10. The fourth-order valence-electron chi connectivity index (χ4n) is 2.44. The summed E-state index contributed by atoms with van der Waals surface area (Å²) in [6.07, 6.45) is 2.96. The van der Waals surface area contributed by atoms with Crippen LogP contribution in [0, 0.1) is 0 Å². The molecule has 1 aliphatic rings. The van der Waals surface area contributed by atoms with Gasteiger partial charge < -0.3 is 14.5 Å². The quantitative estimate of drug-likeness (QED) is 0.870. The van der Waals surface area contributed by atoms with Gasteiger partial charge in [0.2, 0.25) is 0 Å². The molecule has 1 fully saturated rings. The van der Waals surface area contributed by atoms with E-state index in [0.29, 0.717) is 0 Å². The summed E-state index contributed by atoms with van der Waals surface area (Å²) in [6.45, 7) is 9.16. The van der Waals surface area contributed by atoms with Gasteiger partial charge in [-0.1, -0.05) is 13.8 Å². The van der Waals surface area contributed by atoms with Crippen molar-refractivity contribution in [3.05, 3.63) is 22.6 Å². The van der Waals surface area contributed by atoms with E-state index in [0.717, 1.165) is 49.4 Å². The number of likely N-dealkylation sites (N-methyl/N-ethyl adjacent to an activating group) is 1. The van der Waals surface area contributed by atoms with Crippen LogP contribution in [0.3, 0.4) is 0 Å². The van der Waals surface area contributed by atoms with Gasteiger partial charge in [-0.2, -0.15) is 0 Å². The van der Waals surface area contributed by atoms with E-state index in [-0.39, 0.29) is 12.1 Å². The monoisotopic (exact) mass is 330 g/mol. The Hall–Kier alpha value is -0.360. The van der Waals surface area contributed by atoms with Gasteiger partial charge in [-0.3, -0.25) is 4.90 Å². The van der Waals surface area contributed by atoms with Crippen molar-refractivity contribution in [1.29, 1.82) is 0 Å². The van der Waals surface area contributed by atoms with E-state index in [9.17, 15) is 0 Å². The third-order valence-corrected chi connectivity index (χ3v) is 4.19. The Labute approximate surface area is 123 Å². The summed E-state index contributed by atoms with van der Waals surface area (Å²) in [7, 11) is 0. The zero-order valence-corrected chi connectivity index (χ0v) is 13.3. The normalized spacial score (nSPS) is 22.6. The maximum atomic E-state index is 5.96. The molecule has 2 unspecified atom stereocenters. The highest BCUT2D eigenvalue weighted by molar-refractivity contribution is 9.10. The first-order valence-corrected chi connectivity index (χ1v) is 7.85. The van der Waals surface area contributed by atoms with E-state index < -0.39 is 0 Å². The summed E-state index contributed by atoms with van der Waals surface area (Å²) in [5.74, 6) is 0.941. The largest absolute Gasteiger partial charge is 0.466 e. The molecule has 1 N–H and O–H groups in total. The Morgan fingerprint density at radius 1 is 1.53 bits per heavy atom. The summed E-state index contributed by atoms with van der Waals surface area (Å²) in [5, 5.41) is 3.55. The van der Waals surface area contributed by atoms with Gasteiger partial charge in [0.05, 0.1) is 29.5 Å². The van der Waals surface area contributed by atoms with Gasteiger partial charge in [-0.05, 0) is 41.5 Å². The second-order valence-electron chi connectivity index (χ2n) is 4.87. The molecule has 0 saturated carbocycles. The van der Waals surface area contributed by atoms with E-state index in [2.05, 4.69) is 40.0 Å². The van der Waals surface area contributed by atoms with Crippen molar-refractivity contribution in [3.8, 4) is 0 Å². The molecule has 0 aromatic carbocycles. The lowest BCUT2D eigenvalue weighted by molar-refractivity contribution is -0.0489. The standard InChI is InChI=1S/C14H23BrN2O2/c1-3-6-16-13(14-11(15)5-8-19-14)12-10-17(4-2)7-9-18-12/h5,8,12-13,16H,3-4,6-7,9-10H2,1-2H3. The molecule has 0 radical (unpaired) electrons. The predicted molar refractivity (Wildman–Crippen MR) is 79.3 cm³/mol. The van der Waals surface area contributed by atoms with Gasteiger partial charge in [0.1, 0.15) is 5.76 Å². The minimum Gasteiger partial charge on any atom is -0.466 e. The van der Waals surface area contributed by atoms with Crippen molar-refractivity contribution in [1.82, 2.24) is 10.2 Å². The van der Waals surface area contributed by atoms with Gasteiger partial charge in [0.15, 0.2) is 0 Å². The van der Waals surface area contributed by atoms with Crippen molar-refractivity contribution >= 4 is 15.9 Å². The average Bonchev–Trinajstić information content (AvgIpc) is 2.86. The molecular formula is C14H23BrN2O2. The molecule has 2 atom stereocenters. The number of rotatable bonds is 6. The number of hydrogen-bond donors (Lipinski definition) is 1. The molecule has 0 spiro atoms. The molecule has 4 nitrogen and oxygen atoms in total. The maximum absolute atomic E-state index is 5.96. The minimum atomic E-state index is 0.110. The predicted octanol–water partition coefficient (Wildman–Crippen LogP) is 2.80. The van der Waals surface area contributed by atoms with Gasteiger partial charge >= 0.3 is 0 Å². The summed E-state index contributed by atoms with van der Waals surface area (Å²) in [5.41, 5.74) is 0. The number of halogens is 1. The Morgan fingerprint density at radius 2 is 2.37 bits per heavy atom. The second-order valence-corrected chi connectivity index (χ2v) is 5.72. The van der Waals surface area contributed by atoms with E-state index in [1.54, 1.807) is 6.26 Å². The molecule has 1 saturated heterocycles. The molecule has 2 rings (SSSR count). The van der Waals surface area contributed by atoms with Crippen LogP contribution in [0.4, 0.5) is 0 Å². The Kier molecular flexibility index (Phi) is 5.88. The second kappa shape index (κ2) is 7.43. The van der Waals surface area contributed by atoms with Gasteiger partial charge in [-0.25, -0.2) is 0 Å². The number of morpholine rings is 1. The minimum absolute atomic E-state index is 0.110. The summed E-state index contributed by atoms with van der Waals surface area (Å²) in [6, 6.07) is 2.05. The van der Waals surface area contributed by atoms with E-state index >= 15 is 0 Å². The molecule has 5 heteroatoms. The fraction of sp³-hybridized carbons (Fsp3) is 0.714. The van der Waals surface area contributed by atoms with Crippen LogP contribution in [0.5, 0.6) is 0 Å². The van der Waals surface area contributed by atoms with Crippen LogP contribution in [0.2, 0.25) is 0 Å². The summed E-state index contributed by atoms with van der Waals surface area (Å²) >= 11 is 3.55. The highest BCUT2D eigenvalue weighted by Crippen LogP contribution is 2.29. The Bertz CT molecular complexity index is 383. The van der Waals surface area contributed by atoms with E-state index in [1.807, 2.05) is 6.07 Å². The first kappa shape index (κ1) is 15.0. The van der Waals surface area contributed by atoms with Crippen LogP contribution in [0.25, 0.3) is 0 Å². The molecule has 1 aromatic heterocycles. The van der Waals surface area contributed by atoms with E-state index in [1.165, 1.54) is 0 Å². The van der Waals surface area contributed by atoms with Crippen LogP contribution in [-0.4, -0.2) is 43.8 Å². The number of hydrogen-bond acceptors (Lipinski definition) is 4. The highest BCUT2D eigenvalue weighted by atomic mass is 79.9. The molecular weight excluding hydrogens is 308 g/mol. The van der Waals surface area contributed by atoms with Gasteiger partial charge in [0, 0.05) is 13.1 Å². The van der Waals surface area contributed by atoms with Gasteiger partial charge in [-0.15, -0.1) is 0 Å². The maximum Gasteiger partial charge on any atom is 0.137 e. The SMILES string of the molecule is CCCNC(c1occc1Br)C1CN(CC)CCO1. The zero-order chi connectivity index (χ0) is 13.7.